The van der Waals surface area contributed by atoms with Crippen LogP contribution in [0.3, 0.4) is 0 Å². The molecule has 0 aliphatic carbocycles. The van der Waals surface area contributed by atoms with Crippen LogP contribution < -0.4 is 5.73 Å². The van der Waals surface area contributed by atoms with Crippen LogP contribution in [0.15, 0.2) is 24.3 Å². The van der Waals surface area contributed by atoms with Gasteiger partial charge in [-0.05, 0) is 31.2 Å². The number of hydrogen-bond donors (Lipinski definition) is 1. The van der Waals surface area contributed by atoms with E-state index >= 15 is 0 Å². The molecule has 14 heavy (non-hydrogen) atoms. The summed E-state index contributed by atoms with van der Waals surface area (Å²) in [5.41, 5.74) is 8.65. The van der Waals surface area contributed by atoms with Gasteiger partial charge in [0.25, 0.3) is 0 Å². The van der Waals surface area contributed by atoms with Crippen molar-refractivity contribution < 1.29 is 0 Å². The first kappa shape index (κ1) is 11.3. The quantitative estimate of drug-likeness (QED) is 0.775. The summed E-state index contributed by atoms with van der Waals surface area (Å²) in [5, 5.41) is 0. The van der Waals surface area contributed by atoms with E-state index in [1.54, 1.807) is 0 Å². The second-order valence-electron chi connectivity index (χ2n) is 4.49. The Kier molecular flexibility index (Phi) is 4.15. The topological polar surface area (TPSA) is 26.0 Å². The van der Waals surface area contributed by atoms with Crippen molar-refractivity contribution >= 4 is 0 Å². The van der Waals surface area contributed by atoms with Crippen LogP contribution in [0.25, 0.3) is 0 Å². The van der Waals surface area contributed by atoms with Crippen LogP contribution in [0.4, 0.5) is 0 Å². The maximum absolute atomic E-state index is 6.09. The predicted octanol–water partition coefficient (Wildman–Crippen LogP) is 3.43. The Balaban J connectivity index is 2.52. The lowest BCUT2D eigenvalue weighted by Gasteiger charge is -2.13. The van der Waals surface area contributed by atoms with Gasteiger partial charge in [0, 0.05) is 6.04 Å². The minimum atomic E-state index is 0.206. The Morgan fingerprint density at radius 1 is 1.07 bits per heavy atom. The van der Waals surface area contributed by atoms with E-state index in [1.165, 1.54) is 17.5 Å². The Morgan fingerprint density at radius 3 is 2.14 bits per heavy atom. The maximum Gasteiger partial charge on any atom is 0.0294 e. The Labute approximate surface area is 87.3 Å². The molecule has 1 atom stereocenters. The van der Waals surface area contributed by atoms with E-state index in [0.29, 0.717) is 0 Å². The van der Waals surface area contributed by atoms with Gasteiger partial charge in [0.05, 0.1) is 0 Å². The summed E-state index contributed by atoms with van der Waals surface area (Å²) in [6.07, 6.45) is 2.29. The average molecular weight is 191 g/mol. The van der Waals surface area contributed by atoms with Gasteiger partial charge >= 0.3 is 0 Å². The van der Waals surface area contributed by atoms with Crippen molar-refractivity contribution in [1.82, 2.24) is 0 Å². The molecule has 0 spiro atoms. The molecule has 0 bridgehead atoms. The summed E-state index contributed by atoms with van der Waals surface area (Å²) in [6.45, 7) is 6.58. The standard InChI is InChI=1S/C13H21N/c1-10(2)4-9-13(14)12-7-5-11(3)6-8-12/h5-8,10,13H,4,9,14H2,1-3H3. The molecule has 0 saturated carbocycles. The maximum atomic E-state index is 6.09. The zero-order valence-electron chi connectivity index (χ0n) is 9.46. The molecule has 1 heteroatoms. The SMILES string of the molecule is Cc1ccc(C(N)CCC(C)C)cc1. The molecule has 2 N–H and O–H groups in total. The summed E-state index contributed by atoms with van der Waals surface area (Å²) in [4.78, 5) is 0. The summed E-state index contributed by atoms with van der Waals surface area (Å²) < 4.78 is 0. The molecule has 0 amide bonds. The van der Waals surface area contributed by atoms with Crippen molar-refractivity contribution in [2.24, 2.45) is 11.7 Å². The van der Waals surface area contributed by atoms with Gasteiger partial charge in [-0.25, -0.2) is 0 Å². The number of nitrogens with two attached hydrogens (primary N) is 1. The van der Waals surface area contributed by atoms with Gasteiger partial charge in [-0.2, -0.15) is 0 Å². The number of aryl methyl sites for hydroxylation is 1. The average Bonchev–Trinajstić information content (AvgIpc) is 2.15. The van der Waals surface area contributed by atoms with Crippen molar-refractivity contribution in [3.63, 3.8) is 0 Å². The largest absolute Gasteiger partial charge is 0.324 e. The highest BCUT2D eigenvalue weighted by atomic mass is 14.6. The van der Waals surface area contributed by atoms with Gasteiger partial charge in [-0.3, -0.25) is 0 Å². The lowest BCUT2D eigenvalue weighted by molar-refractivity contribution is 0.507. The second-order valence-corrected chi connectivity index (χ2v) is 4.49. The fraction of sp³-hybridized carbons (Fsp3) is 0.538. The van der Waals surface area contributed by atoms with Gasteiger partial charge in [-0.1, -0.05) is 43.7 Å². The van der Waals surface area contributed by atoms with Gasteiger partial charge < -0.3 is 5.73 Å². The molecule has 0 radical (unpaired) electrons. The van der Waals surface area contributed by atoms with Crippen LogP contribution >= 0.6 is 0 Å². The fourth-order valence-electron chi connectivity index (χ4n) is 1.49. The number of benzene rings is 1. The van der Waals surface area contributed by atoms with E-state index in [0.717, 1.165) is 12.3 Å². The first-order valence-corrected chi connectivity index (χ1v) is 5.41. The van der Waals surface area contributed by atoms with Gasteiger partial charge in [0.15, 0.2) is 0 Å². The van der Waals surface area contributed by atoms with Crippen LogP contribution in [-0.2, 0) is 0 Å². The molecular weight excluding hydrogens is 170 g/mol. The minimum Gasteiger partial charge on any atom is -0.324 e. The molecule has 0 heterocycles. The highest BCUT2D eigenvalue weighted by Gasteiger charge is 2.06. The van der Waals surface area contributed by atoms with Gasteiger partial charge in [0.1, 0.15) is 0 Å². The normalized spacial score (nSPS) is 13.2. The Hall–Kier alpha value is -0.820. The van der Waals surface area contributed by atoms with Crippen LogP contribution in [-0.4, -0.2) is 0 Å². The highest BCUT2D eigenvalue weighted by molar-refractivity contribution is 5.23. The fourth-order valence-corrected chi connectivity index (χ4v) is 1.49. The van der Waals surface area contributed by atoms with Crippen LogP contribution in [0.5, 0.6) is 0 Å². The summed E-state index contributed by atoms with van der Waals surface area (Å²) >= 11 is 0. The molecule has 0 saturated heterocycles. The zero-order valence-corrected chi connectivity index (χ0v) is 9.46. The molecule has 0 aliphatic heterocycles. The zero-order chi connectivity index (χ0) is 10.6. The molecule has 1 aromatic carbocycles. The molecule has 1 nitrogen and oxygen atoms in total. The second kappa shape index (κ2) is 5.16. The van der Waals surface area contributed by atoms with E-state index in [9.17, 15) is 0 Å². The molecule has 0 aliphatic rings. The monoisotopic (exact) mass is 191 g/mol. The van der Waals surface area contributed by atoms with Crippen molar-refractivity contribution in [3.8, 4) is 0 Å². The number of hydrogen-bond acceptors (Lipinski definition) is 1. The molecule has 78 valence electrons. The molecule has 1 aromatic rings. The molecule has 0 fully saturated rings. The predicted molar refractivity (Wildman–Crippen MR) is 62.2 cm³/mol. The van der Waals surface area contributed by atoms with Gasteiger partial charge in [-0.15, -0.1) is 0 Å². The third-order valence-corrected chi connectivity index (χ3v) is 2.56. The van der Waals surface area contributed by atoms with Crippen LogP contribution in [0.2, 0.25) is 0 Å². The molecule has 1 rings (SSSR count). The Bertz CT molecular complexity index is 261. The highest BCUT2D eigenvalue weighted by Crippen LogP contribution is 2.18. The summed E-state index contributed by atoms with van der Waals surface area (Å²) in [7, 11) is 0. The first-order chi connectivity index (χ1) is 6.59. The summed E-state index contributed by atoms with van der Waals surface area (Å²) in [6, 6.07) is 8.74. The van der Waals surface area contributed by atoms with Crippen molar-refractivity contribution in [1.29, 1.82) is 0 Å². The van der Waals surface area contributed by atoms with Crippen molar-refractivity contribution in [2.75, 3.05) is 0 Å². The van der Waals surface area contributed by atoms with E-state index in [1.807, 2.05) is 0 Å². The van der Waals surface area contributed by atoms with Gasteiger partial charge in [0.2, 0.25) is 0 Å². The van der Waals surface area contributed by atoms with Crippen molar-refractivity contribution in [2.45, 2.75) is 39.7 Å². The molecule has 0 aromatic heterocycles. The Morgan fingerprint density at radius 2 is 1.64 bits per heavy atom. The lowest BCUT2D eigenvalue weighted by Crippen LogP contribution is -2.11. The van der Waals surface area contributed by atoms with E-state index in [4.69, 9.17) is 5.73 Å². The first-order valence-electron chi connectivity index (χ1n) is 5.41. The third kappa shape index (κ3) is 3.51. The minimum absolute atomic E-state index is 0.206. The number of rotatable bonds is 4. The summed E-state index contributed by atoms with van der Waals surface area (Å²) in [5.74, 6) is 0.742. The lowest BCUT2D eigenvalue weighted by atomic mass is 9.98. The van der Waals surface area contributed by atoms with Crippen LogP contribution in [0.1, 0.15) is 43.9 Å². The van der Waals surface area contributed by atoms with E-state index < -0.39 is 0 Å². The molecular formula is C13H21N. The van der Waals surface area contributed by atoms with Crippen LogP contribution in [0, 0.1) is 12.8 Å². The van der Waals surface area contributed by atoms with E-state index in [2.05, 4.69) is 45.0 Å². The van der Waals surface area contributed by atoms with Crippen molar-refractivity contribution in [3.05, 3.63) is 35.4 Å². The smallest absolute Gasteiger partial charge is 0.0294 e. The third-order valence-electron chi connectivity index (χ3n) is 2.56. The molecule has 1 unspecified atom stereocenters. The van der Waals surface area contributed by atoms with E-state index in [-0.39, 0.29) is 6.04 Å².